The van der Waals surface area contributed by atoms with Crippen LogP contribution in [-0.4, -0.2) is 23.3 Å². The lowest BCUT2D eigenvalue weighted by atomic mass is 9.85. The Kier molecular flexibility index (Phi) is 5.41. The summed E-state index contributed by atoms with van der Waals surface area (Å²) < 4.78 is 13.7. The molecule has 1 saturated heterocycles. The normalized spacial score (nSPS) is 21.6. The predicted molar refractivity (Wildman–Crippen MR) is 94.1 cm³/mol. The molecule has 0 N–H and O–H groups in total. The molecule has 0 radical (unpaired) electrons. The van der Waals surface area contributed by atoms with Crippen LogP contribution in [-0.2, 0) is 17.8 Å². The van der Waals surface area contributed by atoms with Gasteiger partial charge in [-0.15, -0.1) is 0 Å². The maximum atomic E-state index is 13.7. The molecule has 0 aliphatic carbocycles. The Balaban J connectivity index is 1.57. The summed E-state index contributed by atoms with van der Waals surface area (Å²) in [5, 5.41) is 0. The van der Waals surface area contributed by atoms with Crippen LogP contribution >= 0.6 is 0 Å². The molecule has 2 nitrogen and oxygen atoms in total. The number of hydrogen-bond acceptors (Lipinski definition) is 2. The number of likely N-dealkylation sites (tertiary alicyclic amines) is 1. The number of Topliss-reactive ketones (excluding diaryl/α,β-unsaturated/α-hetero) is 1. The molecule has 24 heavy (non-hydrogen) atoms. The molecule has 126 valence electrons. The zero-order chi connectivity index (χ0) is 16.9. The van der Waals surface area contributed by atoms with Crippen molar-refractivity contribution in [3.8, 4) is 0 Å². The van der Waals surface area contributed by atoms with Crippen LogP contribution in [0.25, 0.3) is 0 Å². The first kappa shape index (κ1) is 16.8. The summed E-state index contributed by atoms with van der Waals surface area (Å²) in [5.41, 5.74) is 1.82. The van der Waals surface area contributed by atoms with Crippen molar-refractivity contribution in [2.75, 3.05) is 6.54 Å². The lowest BCUT2D eigenvalue weighted by molar-refractivity contribution is -0.124. The van der Waals surface area contributed by atoms with Gasteiger partial charge in [-0.05, 0) is 43.5 Å². The van der Waals surface area contributed by atoms with E-state index in [1.807, 2.05) is 6.07 Å². The van der Waals surface area contributed by atoms with E-state index in [9.17, 15) is 9.18 Å². The van der Waals surface area contributed by atoms with Gasteiger partial charge in [-0.25, -0.2) is 4.39 Å². The largest absolute Gasteiger partial charge is 0.299 e. The molecule has 1 fully saturated rings. The highest BCUT2D eigenvalue weighted by Crippen LogP contribution is 2.26. The fourth-order valence-electron chi connectivity index (χ4n) is 3.54. The number of nitrogens with zero attached hydrogens (tertiary/aromatic N) is 1. The van der Waals surface area contributed by atoms with Crippen LogP contribution in [0.5, 0.6) is 0 Å². The maximum absolute atomic E-state index is 13.7. The Bertz CT molecular complexity index is 685. The Morgan fingerprint density at radius 2 is 1.83 bits per heavy atom. The van der Waals surface area contributed by atoms with Gasteiger partial charge in [0.1, 0.15) is 11.6 Å². The van der Waals surface area contributed by atoms with Crippen molar-refractivity contribution < 1.29 is 9.18 Å². The average molecular weight is 325 g/mol. The molecule has 0 spiro atoms. The van der Waals surface area contributed by atoms with Gasteiger partial charge in [0.2, 0.25) is 0 Å². The van der Waals surface area contributed by atoms with Crippen molar-refractivity contribution in [1.82, 2.24) is 4.90 Å². The quantitative estimate of drug-likeness (QED) is 0.819. The summed E-state index contributed by atoms with van der Waals surface area (Å²) in [5.74, 6) is -0.0571. The Morgan fingerprint density at radius 3 is 2.54 bits per heavy atom. The van der Waals surface area contributed by atoms with E-state index >= 15 is 0 Å². The Hall–Kier alpha value is -2.00. The Morgan fingerprint density at radius 1 is 1.12 bits per heavy atom. The van der Waals surface area contributed by atoms with Gasteiger partial charge in [0, 0.05) is 24.9 Å². The minimum Gasteiger partial charge on any atom is -0.299 e. The first-order chi connectivity index (χ1) is 11.6. The summed E-state index contributed by atoms with van der Waals surface area (Å²) >= 11 is 0. The molecular weight excluding hydrogens is 301 g/mol. The van der Waals surface area contributed by atoms with E-state index in [0.717, 1.165) is 25.9 Å². The van der Waals surface area contributed by atoms with E-state index in [1.54, 1.807) is 18.2 Å². The number of benzene rings is 2. The second-order valence-electron chi connectivity index (χ2n) is 6.76. The molecule has 0 aromatic heterocycles. The van der Waals surface area contributed by atoms with E-state index in [0.29, 0.717) is 11.6 Å². The van der Waals surface area contributed by atoms with E-state index in [1.165, 1.54) is 11.6 Å². The molecule has 1 heterocycles. The van der Waals surface area contributed by atoms with Crippen molar-refractivity contribution in [3.05, 3.63) is 71.5 Å². The summed E-state index contributed by atoms with van der Waals surface area (Å²) in [6.45, 7) is 4.03. The van der Waals surface area contributed by atoms with Crippen LogP contribution in [0.2, 0.25) is 0 Å². The summed E-state index contributed by atoms with van der Waals surface area (Å²) in [6, 6.07) is 17.4. The first-order valence-electron chi connectivity index (χ1n) is 8.67. The topological polar surface area (TPSA) is 20.3 Å². The third-order valence-corrected chi connectivity index (χ3v) is 5.02. The van der Waals surface area contributed by atoms with Gasteiger partial charge in [-0.2, -0.15) is 0 Å². The van der Waals surface area contributed by atoms with Crippen LogP contribution in [0.1, 0.15) is 30.9 Å². The van der Waals surface area contributed by atoms with Gasteiger partial charge in [0.05, 0.1) is 0 Å². The van der Waals surface area contributed by atoms with Gasteiger partial charge < -0.3 is 0 Å². The molecule has 0 amide bonds. The fourth-order valence-corrected chi connectivity index (χ4v) is 3.54. The van der Waals surface area contributed by atoms with Crippen LogP contribution in [0.3, 0.4) is 0 Å². The first-order valence-corrected chi connectivity index (χ1v) is 8.67. The van der Waals surface area contributed by atoms with Crippen molar-refractivity contribution in [2.24, 2.45) is 5.92 Å². The number of piperidine rings is 1. The number of halogens is 1. The number of ketones is 1. The molecule has 0 bridgehead atoms. The average Bonchev–Trinajstić information content (AvgIpc) is 2.59. The van der Waals surface area contributed by atoms with Crippen LogP contribution in [0, 0.1) is 11.7 Å². The van der Waals surface area contributed by atoms with E-state index in [4.69, 9.17) is 0 Å². The van der Waals surface area contributed by atoms with Gasteiger partial charge in [0.15, 0.2) is 0 Å². The highest BCUT2D eigenvalue weighted by Gasteiger charge is 2.29. The molecule has 2 aromatic carbocycles. The molecule has 0 unspecified atom stereocenters. The molecular formula is C21H24FNO. The zero-order valence-electron chi connectivity index (χ0n) is 14.1. The lowest BCUT2D eigenvalue weighted by Crippen LogP contribution is -2.42. The van der Waals surface area contributed by atoms with Crippen molar-refractivity contribution in [3.63, 3.8) is 0 Å². The van der Waals surface area contributed by atoms with Crippen molar-refractivity contribution in [2.45, 2.75) is 38.8 Å². The number of hydrogen-bond donors (Lipinski definition) is 0. The number of carbonyl (C=O) groups excluding carboxylic acids is 1. The summed E-state index contributed by atoms with van der Waals surface area (Å²) in [7, 11) is 0. The minimum absolute atomic E-state index is 0.0478. The van der Waals surface area contributed by atoms with Gasteiger partial charge in [-0.1, -0.05) is 48.5 Å². The highest BCUT2D eigenvalue weighted by atomic mass is 19.1. The van der Waals surface area contributed by atoms with Crippen molar-refractivity contribution in [1.29, 1.82) is 0 Å². The standard InChI is InChI=1S/C21H24FNO/c1-16-13-19(21(24)14-18-9-5-6-10-20(18)22)11-12-23(16)15-17-7-3-2-4-8-17/h2-10,16,19H,11-15H2,1H3/t16-,19-/m0/s1. The predicted octanol–water partition coefficient (Wildman–Crippen LogP) is 4.24. The molecule has 2 aromatic rings. The molecule has 2 atom stereocenters. The molecule has 1 aliphatic heterocycles. The SMILES string of the molecule is C[C@H]1C[C@@H](C(=O)Cc2ccccc2F)CCN1Cc1ccccc1. The van der Waals surface area contributed by atoms with E-state index < -0.39 is 0 Å². The summed E-state index contributed by atoms with van der Waals surface area (Å²) in [4.78, 5) is 15.0. The van der Waals surface area contributed by atoms with Gasteiger partial charge in [-0.3, -0.25) is 9.69 Å². The molecule has 1 aliphatic rings. The number of rotatable bonds is 5. The maximum Gasteiger partial charge on any atom is 0.140 e. The molecule has 3 rings (SSSR count). The lowest BCUT2D eigenvalue weighted by Gasteiger charge is -2.37. The third kappa shape index (κ3) is 4.09. The van der Waals surface area contributed by atoms with Crippen molar-refractivity contribution >= 4 is 5.78 Å². The second-order valence-corrected chi connectivity index (χ2v) is 6.76. The van der Waals surface area contributed by atoms with Gasteiger partial charge in [0.25, 0.3) is 0 Å². The number of carbonyl (C=O) groups is 1. The fraction of sp³-hybridized carbons (Fsp3) is 0.381. The van der Waals surface area contributed by atoms with Crippen LogP contribution < -0.4 is 0 Å². The Labute approximate surface area is 143 Å². The van der Waals surface area contributed by atoms with Crippen LogP contribution in [0.15, 0.2) is 54.6 Å². The molecule has 0 saturated carbocycles. The van der Waals surface area contributed by atoms with Gasteiger partial charge >= 0.3 is 0 Å². The zero-order valence-corrected chi connectivity index (χ0v) is 14.1. The minimum atomic E-state index is -0.277. The highest BCUT2D eigenvalue weighted by molar-refractivity contribution is 5.83. The summed E-state index contributed by atoms with van der Waals surface area (Å²) in [6.07, 6.45) is 1.94. The van der Waals surface area contributed by atoms with E-state index in [2.05, 4.69) is 36.1 Å². The second kappa shape index (κ2) is 7.71. The third-order valence-electron chi connectivity index (χ3n) is 5.02. The smallest absolute Gasteiger partial charge is 0.140 e. The van der Waals surface area contributed by atoms with Crippen LogP contribution in [0.4, 0.5) is 4.39 Å². The van der Waals surface area contributed by atoms with E-state index in [-0.39, 0.29) is 23.9 Å². The molecule has 3 heteroatoms. The monoisotopic (exact) mass is 325 g/mol.